The van der Waals surface area contributed by atoms with Crippen molar-refractivity contribution in [2.24, 2.45) is 10.7 Å². The quantitative estimate of drug-likeness (QED) is 0.230. The van der Waals surface area contributed by atoms with Gasteiger partial charge in [-0.3, -0.25) is 10.4 Å². The van der Waals surface area contributed by atoms with Crippen LogP contribution in [0.2, 0.25) is 0 Å². The largest absolute Gasteiger partial charge is 0.494 e. The molecule has 1 atom stereocenters. The van der Waals surface area contributed by atoms with Gasteiger partial charge in [0.25, 0.3) is 0 Å². The van der Waals surface area contributed by atoms with Crippen molar-refractivity contribution < 1.29 is 13.9 Å². The van der Waals surface area contributed by atoms with Crippen molar-refractivity contribution in [3.8, 4) is 11.5 Å². The normalized spacial score (nSPS) is 13.7. The Morgan fingerprint density at radius 3 is 2.47 bits per heavy atom. The van der Waals surface area contributed by atoms with E-state index in [4.69, 9.17) is 25.6 Å². The molecule has 0 amide bonds. The first kappa shape index (κ1) is 25.0. The zero-order valence-corrected chi connectivity index (χ0v) is 20.7. The molecule has 4 N–H and O–H groups in total. The lowest BCUT2D eigenvalue weighted by Crippen LogP contribution is -2.22. The molecule has 36 heavy (non-hydrogen) atoms. The monoisotopic (exact) mass is 486 g/mol. The molecule has 0 spiro atoms. The summed E-state index contributed by atoms with van der Waals surface area (Å²) in [6, 6.07) is 19.8. The highest BCUT2D eigenvalue weighted by molar-refractivity contribution is 6.01. The molecule has 6 nitrogen and oxygen atoms in total. The Bertz CT molecular complexity index is 1280. The van der Waals surface area contributed by atoms with Gasteiger partial charge in [-0.15, -0.1) is 0 Å². The van der Waals surface area contributed by atoms with Crippen molar-refractivity contribution in [2.75, 3.05) is 11.9 Å². The van der Waals surface area contributed by atoms with Gasteiger partial charge in [-0.25, -0.2) is 4.39 Å². The van der Waals surface area contributed by atoms with E-state index in [1.54, 1.807) is 24.3 Å². The number of amidine groups is 1. The number of halogens is 1. The van der Waals surface area contributed by atoms with Crippen LogP contribution in [-0.4, -0.2) is 24.3 Å². The molecule has 186 valence electrons. The van der Waals surface area contributed by atoms with Gasteiger partial charge in [0.1, 0.15) is 11.6 Å². The summed E-state index contributed by atoms with van der Waals surface area (Å²) in [6.45, 7) is 6.04. The highest BCUT2D eigenvalue weighted by atomic mass is 19.1. The first-order valence-corrected chi connectivity index (χ1v) is 12.0. The number of hydrogen-bond acceptors (Lipinski definition) is 5. The molecule has 0 radical (unpaired) electrons. The Hall–Kier alpha value is -4.13. The number of benzene rings is 3. The fourth-order valence-electron chi connectivity index (χ4n) is 4.07. The minimum absolute atomic E-state index is 0.0130. The summed E-state index contributed by atoms with van der Waals surface area (Å²) in [5.41, 5.74) is 9.97. The van der Waals surface area contributed by atoms with Crippen molar-refractivity contribution in [3.05, 3.63) is 95.3 Å². The van der Waals surface area contributed by atoms with Gasteiger partial charge in [-0.2, -0.15) is 0 Å². The fourth-order valence-corrected chi connectivity index (χ4v) is 4.07. The number of nitrogens with two attached hydrogens (primary N) is 1. The first-order chi connectivity index (χ1) is 17.4. The third-order valence-corrected chi connectivity index (χ3v) is 5.70. The highest BCUT2D eigenvalue weighted by Gasteiger charge is 2.28. The van der Waals surface area contributed by atoms with Crippen molar-refractivity contribution >= 4 is 22.9 Å². The Kier molecular flexibility index (Phi) is 7.68. The topological polar surface area (TPSA) is 92.7 Å². The molecule has 4 rings (SSSR count). The maximum absolute atomic E-state index is 15.9. The molecule has 0 fully saturated rings. The second-order valence-corrected chi connectivity index (χ2v) is 8.76. The summed E-state index contributed by atoms with van der Waals surface area (Å²) in [6.07, 6.45) is 2.41. The zero-order valence-electron chi connectivity index (χ0n) is 20.7. The van der Waals surface area contributed by atoms with Crippen molar-refractivity contribution in [2.45, 2.75) is 39.3 Å². The number of ether oxygens (including phenoxy) is 2. The average molecular weight is 487 g/mol. The van der Waals surface area contributed by atoms with Crippen molar-refractivity contribution in [1.82, 2.24) is 0 Å². The van der Waals surface area contributed by atoms with E-state index in [9.17, 15) is 0 Å². The van der Waals surface area contributed by atoms with Crippen LogP contribution < -0.4 is 20.5 Å². The summed E-state index contributed by atoms with van der Waals surface area (Å²) >= 11 is 0. The van der Waals surface area contributed by atoms with Crippen LogP contribution in [0.25, 0.3) is 5.70 Å². The second-order valence-electron chi connectivity index (χ2n) is 8.76. The second kappa shape index (κ2) is 11.1. The smallest absolute Gasteiger partial charge is 0.171 e. The lowest BCUT2D eigenvalue weighted by molar-refractivity contribution is 0.228. The van der Waals surface area contributed by atoms with E-state index >= 15 is 4.39 Å². The third-order valence-electron chi connectivity index (χ3n) is 5.70. The maximum atomic E-state index is 15.9. The molecule has 0 aromatic heterocycles. The predicted molar refractivity (Wildman–Crippen MR) is 144 cm³/mol. The SMILES string of the molecule is CCOc1cc(OC(C)C)c(F)c(C(Nc2ccc(C(=N)N)cc2)C2=NC(c3ccccc3)=CC2)c1. The van der Waals surface area contributed by atoms with E-state index < -0.39 is 11.9 Å². The Balaban J connectivity index is 1.78. The van der Waals surface area contributed by atoms with Gasteiger partial charge < -0.3 is 20.5 Å². The summed E-state index contributed by atoms with van der Waals surface area (Å²) in [4.78, 5) is 4.90. The fraction of sp³-hybridized carbons (Fsp3) is 0.241. The van der Waals surface area contributed by atoms with Crippen molar-refractivity contribution in [3.63, 3.8) is 0 Å². The third kappa shape index (κ3) is 5.74. The van der Waals surface area contributed by atoms with Crippen LogP contribution in [0.3, 0.4) is 0 Å². The maximum Gasteiger partial charge on any atom is 0.171 e. The molecule has 0 aliphatic carbocycles. The van der Waals surface area contributed by atoms with E-state index in [2.05, 4.69) is 5.32 Å². The number of hydrogen-bond donors (Lipinski definition) is 3. The van der Waals surface area contributed by atoms with Gasteiger partial charge in [-0.1, -0.05) is 36.4 Å². The van der Waals surface area contributed by atoms with Crippen molar-refractivity contribution in [1.29, 1.82) is 5.41 Å². The van der Waals surface area contributed by atoms with E-state index in [-0.39, 0.29) is 17.7 Å². The highest BCUT2D eigenvalue weighted by Crippen LogP contribution is 2.37. The van der Waals surface area contributed by atoms with Crippen LogP contribution >= 0.6 is 0 Å². The Morgan fingerprint density at radius 2 is 1.83 bits per heavy atom. The first-order valence-electron chi connectivity index (χ1n) is 12.0. The minimum atomic E-state index is -0.583. The van der Waals surface area contributed by atoms with Crippen LogP contribution in [0.4, 0.5) is 10.1 Å². The number of nitrogens with zero attached hydrogens (tertiary/aromatic N) is 1. The molecule has 7 heteroatoms. The lowest BCUT2D eigenvalue weighted by Gasteiger charge is -2.24. The summed E-state index contributed by atoms with van der Waals surface area (Å²) < 4.78 is 27.5. The Labute approximate surface area is 211 Å². The molecule has 1 aliphatic heterocycles. The van der Waals surface area contributed by atoms with Gasteiger partial charge >= 0.3 is 0 Å². The van der Waals surface area contributed by atoms with Crippen LogP contribution in [-0.2, 0) is 0 Å². The molecular formula is C29H31FN4O2. The average Bonchev–Trinajstić information content (AvgIpc) is 3.35. The van der Waals surface area contributed by atoms with Gasteiger partial charge in [0.05, 0.1) is 24.4 Å². The van der Waals surface area contributed by atoms with Crippen LogP contribution in [0.1, 0.15) is 49.9 Å². The van der Waals surface area contributed by atoms with Gasteiger partial charge in [0, 0.05) is 35.0 Å². The molecule has 0 saturated carbocycles. The number of allylic oxidation sites excluding steroid dienone is 1. The van der Waals surface area contributed by atoms with E-state index in [1.807, 2.05) is 69.3 Å². The molecule has 0 saturated heterocycles. The predicted octanol–water partition coefficient (Wildman–Crippen LogP) is 6.33. The molecule has 1 aliphatic rings. The number of nitrogens with one attached hydrogen (secondary N) is 2. The van der Waals surface area contributed by atoms with Gasteiger partial charge in [0.15, 0.2) is 11.6 Å². The standard InChI is InChI=1S/C29H31FN4O2/c1-4-35-22-16-23(27(30)26(17-22)36-18(2)3)28(33-21-12-10-20(11-13-21)29(31)32)25-15-14-24(34-25)19-8-6-5-7-9-19/h5-14,16-18,28,33H,4,15H2,1-3H3,(H3,31,32). The number of anilines is 1. The molecule has 1 unspecified atom stereocenters. The van der Waals surface area contributed by atoms with E-state index in [0.717, 1.165) is 22.7 Å². The molecule has 3 aromatic rings. The summed E-state index contributed by atoms with van der Waals surface area (Å²) in [5, 5.41) is 11.1. The van der Waals surface area contributed by atoms with Crippen LogP contribution in [0, 0.1) is 11.2 Å². The van der Waals surface area contributed by atoms with Crippen LogP contribution in [0.15, 0.2) is 77.8 Å². The van der Waals surface area contributed by atoms with Crippen LogP contribution in [0.5, 0.6) is 11.5 Å². The van der Waals surface area contributed by atoms with E-state index in [0.29, 0.717) is 29.9 Å². The molecule has 1 heterocycles. The molecular weight excluding hydrogens is 455 g/mol. The molecule has 0 bridgehead atoms. The number of rotatable bonds is 10. The molecule has 3 aromatic carbocycles. The van der Waals surface area contributed by atoms with E-state index in [1.165, 1.54) is 0 Å². The Morgan fingerprint density at radius 1 is 1.11 bits per heavy atom. The number of aliphatic imine (C=N–C) groups is 1. The number of nitrogen functional groups attached to an aromatic ring is 1. The van der Waals surface area contributed by atoms with Gasteiger partial charge in [0.2, 0.25) is 0 Å². The minimum Gasteiger partial charge on any atom is -0.494 e. The van der Waals surface area contributed by atoms with Gasteiger partial charge in [-0.05, 0) is 56.7 Å². The lowest BCUT2D eigenvalue weighted by atomic mass is 9.98. The summed E-state index contributed by atoms with van der Waals surface area (Å²) in [5.74, 6) is 0.194. The zero-order chi connectivity index (χ0) is 25.7. The summed E-state index contributed by atoms with van der Waals surface area (Å²) in [7, 11) is 0.